The van der Waals surface area contributed by atoms with E-state index in [-0.39, 0.29) is 24.9 Å². The van der Waals surface area contributed by atoms with Gasteiger partial charge < -0.3 is 19.1 Å². The summed E-state index contributed by atoms with van der Waals surface area (Å²) in [6.45, 7) is 0.116. The van der Waals surface area contributed by atoms with Crippen molar-refractivity contribution in [3.63, 3.8) is 0 Å². The zero-order valence-corrected chi connectivity index (χ0v) is 22.5. The van der Waals surface area contributed by atoms with E-state index in [2.05, 4.69) is 31.9 Å². The van der Waals surface area contributed by atoms with Crippen LogP contribution in [0, 0.1) is 5.92 Å². The number of rotatable bonds is 7. The summed E-state index contributed by atoms with van der Waals surface area (Å²) in [5.41, 5.74) is 2.28. The molecule has 182 valence electrons. The number of anilines is 1. The first-order chi connectivity index (χ1) is 16.9. The molecule has 8 heteroatoms. The Balaban J connectivity index is 1.70. The molecule has 0 saturated carbocycles. The van der Waals surface area contributed by atoms with Gasteiger partial charge in [-0.3, -0.25) is 9.59 Å². The molecule has 0 aromatic heterocycles. The summed E-state index contributed by atoms with van der Waals surface area (Å²) >= 11 is 7.02. The van der Waals surface area contributed by atoms with Gasteiger partial charge in [-0.2, -0.15) is 0 Å². The number of halogens is 2. The number of ether oxygens (including phenoxy) is 3. The number of nitrogens with zero attached hydrogens (tertiary/aromatic N) is 1. The van der Waals surface area contributed by atoms with E-state index in [1.807, 2.05) is 54.6 Å². The fourth-order valence-corrected chi connectivity index (χ4v) is 5.16. The van der Waals surface area contributed by atoms with Gasteiger partial charge in [0.15, 0.2) is 0 Å². The van der Waals surface area contributed by atoms with E-state index in [0.29, 0.717) is 23.6 Å². The zero-order valence-electron chi connectivity index (χ0n) is 19.4. The second kappa shape index (κ2) is 11.3. The number of esters is 1. The predicted octanol–water partition coefficient (Wildman–Crippen LogP) is 6.46. The van der Waals surface area contributed by atoms with Crippen LogP contribution >= 0.6 is 31.9 Å². The summed E-state index contributed by atoms with van der Waals surface area (Å²) in [6.07, 6.45) is 0.616. The Labute approximate surface area is 221 Å². The van der Waals surface area contributed by atoms with Gasteiger partial charge in [0.1, 0.15) is 18.1 Å². The van der Waals surface area contributed by atoms with Gasteiger partial charge in [0.05, 0.1) is 26.2 Å². The van der Waals surface area contributed by atoms with E-state index in [9.17, 15) is 9.59 Å². The highest BCUT2D eigenvalue weighted by Gasteiger charge is 2.43. The molecule has 3 aromatic carbocycles. The maximum atomic E-state index is 13.5. The molecular weight excluding hydrogens is 578 g/mol. The van der Waals surface area contributed by atoms with Crippen molar-refractivity contribution in [1.82, 2.24) is 0 Å². The van der Waals surface area contributed by atoms with E-state index >= 15 is 0 Å². The van der Waals surface area contributed by atoms with E-state index < -0.39 is 12.0 Å². The molecule has 0 radical (unpaired) electrons. The van der Waals surface area contributed by atoms with Gasteiger partial charge >= 0.3 is 5.97 Å². The van der Waals surface area contributed by atoms with Gasteiger partial charge in [0, 0.05) is 32.2 Å². The molecule has 0 spiro atoms. The van der Waals surface area contributed by atoms with Crippen LogP contribution in [0.4, 0.5) is 5.69 Å². The number of para-hydroxylation sites is 1. The number of carbonyl (C=O) groups excluding carboxylic acids is 2. The van der Waals surface area contributed by atoms with Crippen molar-refractivity contribution in [3.05, 3.63) is 86.8 Å². The lowest BCUT2D eigenvalue weighted by Gasteiger charge is -2.40. The number of benzene rings is 3. The molecule has 4 rings (SSSR count). The maximum absolute atomic E-state index is 13.5. The lowest BCUT2D eigenvalue weighted by atomic mass is 9.83. The topological polar surface area (TPSA) is 65.1 Å². The monoisotopic (exact) mass is 601 g/mol. The number of piperidine rings is 1. The van der Waals surface area contributed by atoms with Crippen molar-refractivity contribution in [2.45, 2.75) is 25.5 Å². The van der Waals surface area contributed by atoms with Crippen molar-refractivity contribution in [2.24, 2.45) is 5.92 Å². The van der Waals surface area contributed by atoms with E-state index in [0.717, 1.165) is 20.1 Å². The Morgan fingerprint density at radius 3 is 2.43 bits per heavy atom. The number of carbonyl (C=O) groups is 2. The second-order valence-corrected chi connectivity index (χ2v) is 9.76. The Morgan fingerprint density at radius 2 is 1.71 bits per heavy atom. The molecule has 0 aliphatic carbocycles. The Hall–Kier alpha value is -2.84. The quantitative estimate of drug-likeness (QED) is 0.291. The molecule has 1 heterocycles. The molecule has 0 bridgehead atoms. The van der Waals surface area contributed by atoms with E-state index in [4.69, 9.17) is 14.2 Å². The molecule has 0 N–H and O–H groups in total. The molecule has 1 amide bonds. The van der Waals surface area contributed by atoms with Gasteiger partial charge in [-0.1, -0.05) is 30.3 Å². The minimum atomic E-state index is -0.584. The minimum Gasteiger partial charge on any atom is -0.497 e. The summed E-state index contributed by atoms with van der Waals surface area (Å²) in [4.78, 5) is 28.4. The highest BCUT2D eigenvalue weighted by atomic mass is 79.9. The number of hydrogen-bond acceptors (Lipinski definition) is 5. The molecule has 2 unspecified atom stereocenters. The third-order valence-corrected chi connectivity index (χ3v) is 8.24. The van der Waals surface area contributed by atoms with Gasteiger partial charge in [-0.05, 0) is 74.7 Å². The Kier molecular flexibility index (Phi) is 8.13. The van der Waals surface area contributed by atoms with Gasteiger partial charge in [-0.25, -0.2) is 0 Å². The van der Waals surface area contributed by atoms with Crippen LogP contribution < -0.4 is 14.4 Å². The molecule has 1 aliphatic heterocycles. The summed E-state index contributed by atoms with van der Waals surface area (Å²) in [5, 5.41) is 0. The summed E-state index contributed by atoms with van der Waals surface area (Å²) in [6, 6.07) is 19.8. The van der Waals surface area contributed by atoms with Crippen LogP contribution in [-0.4, -0.2) is 26.1 Å². The Morgan fingerprint density at radius 1 is 0.971 bits per heavy atom. The van der Waals surface area contributed by atoms with Crippen LogP contribution in [0.5, 0.6) is 11.5 Å². The average Bonchev–Trinajstić information content (AvgIpc) is 2.89. The lowest BCUT2D eigenvalue weighted by Crippen LogP contribution is -2.46. The second-order valence-electron chi connectivity index (χ2n) is 8.11. The molecule has 6 nitrogen and oxygen atoms in total. The number of methoxy groups -OCH3 is 2. The van der Waals surface area contributed by atoms with Crippen LogP contribution in [0.3, 0.4) is 0 Å². The summed E-state index contributed by atoms with van der Waals surface area (Å²) < 4.78 is 18.4. The van der Waals surface area contributed by atoms with Crippen LogP contribution in [-0.2, 0) is 20.9 Å². The number of amides is 1. The largest absolute Gasteiger partial charge is 0.497 e. The van der Waals surface area contributed by atoms with Crippen molar-refractivity contribution in [2.75, 3.05) is 19.1 Å². The average molecular weight is 603 g/mol. The standard InChI is InChI=1S/C27H25Br2NO5/c1-33-19-12-10-18(11-13-19)30-24(31)15-14-21(26(30)20-7-3-4-9-23(20)34-2)27(32)35-16-17-6-5-8-22(28)25(17)29/h3-13,21,26H,14-16H2,1-2H3. The fraction of sp³-hybridized carbons (Fsp3) is 0.259. The first-order valence-corrected chi connectivity index (χ1v) is 12.7. The first kappa shape index (κ1) is 25.3. The van der Waals surface area contributed by atoms with Crippen molar-refractivity contribution >= 4 is 49.4 Å². The number of hydrogen-bond donors (Lipinski definition) is 0. The third kappa shape index (κ3) is 5.38. The van der Waals surface area contributed by atoms with Crippen LogP contribution in [0.1, 0.15) is 30.0 Å². The highest BCUT2D eigenvalue weighted by molar-refractivity contribution is 9.13. The molecular formula is C27H25Br2NO5. The summed E-state index contributed by atoms with van der Waals surface area (Å²) in [7, 11) is 3.17. The minimum absolute atomic E-state index is 0.0649. The fourth-order valence-electron chi connectivity index (χ4n) is 4.37. The van der Waals surface area contributed by atoms with Crippen molar-refractivity contribution in [1.29, 1.82) is 0 Å². The smallest absolute Gasteiger partial charge is 0.311 e. The molecule has 2 atom stereocenters. The SMILES string of the molecule is COc1ccc(N2C(=O)CCC(C(=O)OCc3cccc(Br)c3Br)C2c2ccccc2OC)cc1. The predicted molar refractivity (Wildman–Crippen MR) is 141 cm³/mol. The van der Waals surface area contributed by atoms with E-state index in [1.54, 1.807) is 31.3 Å². The van der Waals surface area contributed by atoms with E-state index in [1.165, 1.54) is 0 Å². The van der Waals surface area contributed by atoms with Crippen LogP contribution in [0.25, 0.3) is 0 Å². The first-order valence-electron chi connectivity index (χ1n) is 11.1. The molecule has 1 aliphatic rings. The normalized spacial score (nSPS) is 17.7. The highest BCUT2D eigenvalue weighted by Crippen LogP contribution is 2.44. The molecule has 1 saturated heterocycles. The van der Waals surface area contributed by atoms with Crippen molar-refractivity contribution < 1.29 is 23.8 Å². The van der Waals surface area contributed by atoms with Crippen LogP contribution in [0.2, 0.25) is 0 Å². The van der Waals surface area contributed by atoms with Gasteiger partial charge in [0.2, 0.25) is 5.91 Å². The summed E-state index contributed by atoms with van der Waals surface area (Å²) in [5.74, 6) is 0.293. The Bertz CT molecular complexity index is 1210. The van der Waals surface area contributed by atoms with Crippen LogP contribution in [0.15, 0.2) is 75.7 Å². The maximum Gasteiger partial charge on any atom is 0.311 e. The lowest BCUT2D eigenvalue weighted by molar-refractivity contribution is -0.152. The molecule has 35 heavy (non-hydrogen) atoms. The van der Waals surface area contributed by atoms with Gasteiger partial charge in [-0.15, -0.1) is 0 Å². The van der Waals surface area contributed by atoms with Gasteiger partial charge in [0.25, 0.3) is 0 Å². The van der Waals surface area contributed by atoms with Crippen molar-refractivity contribution in [3.8, 4) is 11.5 Å². The third-order valence-electron chi connectivity index (χ3n) is 6.11. The zero-order chi connectivity index (χ0) is 24.9. The molecule has 1 fully saturated rings. The molecule has 3 aromatic rings.